The zero-order chi connectivity index (χ0) is 18.1. The minimum absolute atomic E-state index is 0.400. The second-order valence-corrected chi connectivity index (χ2v) is 6.78. The predicted molar refractivity (Wildman–Crippen MR) is 107 cm³/mol. The predicted octanol–water partition coefficient (Wildman–Crippen LogP) is 3.08. The smallest absolute Gasteiger partial charge is 0.249 e. The highest BCUT2D eigenvalue weighted by atomic mass is 16.1. The number of likely N-dealkylation sites (N-methyl/N-ethyl adjacent to an activating group) is 1. The fourth-order valence-corrected chi connectivity index (χ4v) is 3.70. The summed E-state index contributed by atoms with van der Waals surface area (Å²) in [6.45, 7) is 7.73. The van der Waals surface area contributed by atoms with Crippen LogP contribution in [0.4, 0.5) is 5.69 Å². The highest BCUT2D eigenvalue weighted by Gasteiger charge is 2.16. The number of piperazine rings is 1. The molecule has 0 aliphatic carbocycles. The lowest BCUT2D eigenvalue weighted by Crippen LogP contribution is -2.46. The van der Waals surface area contributed by atoms with Gasteiger partial charge < -0.3 is 20.5 Å². The van der Waals surface area contributed by atoms with Gasteiger partial charge in [-0.25, -0.2) is 0 Å². The Balaban J connectivity index is 1.58. The standard InChI is InChI=1S/C21H24N4O/c1-2-24-10-12-25(13-11-24)16-8-6-15(7-9-16)20-14-18-17(21(22)26)4-3-5-19(18)23-20/h3-9,14,23H,2,10-13H2,1H3,(H2,22,26). The lowest BCUT2D eigenvalue weighted by molar-refractivity contribution is 0.100. The quantitative estimate of drug-likeness (QED) is 0.761. The van der Waals surface area contributed by atoms with Crippen molar-refractivity contribution >= 4 is 22.5 Å². The number of nitrogens with two attached hydrogens (primary N) is 1. The summed E-state index contributed by atoms with van der Waals surface area (Å²) < 4.78 is 0. The molecule has 4 rings (SSSR count). The van der Waals surface area contributed by atoms with Gasteiger partial charge in [0.2, 0.25) is 5.91 Å². The Kier molecular flexibility index (Phi) is 4.39. The molecule has 2 heterocycles. The molecule has 0 atom stereocenters. The number of anilines is 1. The van der Waals surface area contributed by atoms with E-state index in [9.17, 15) is 4.79 Å². The molecule has 26 heavy (non-hydrogen) atoms. The van der Waals surface area contributed by atoms with Crippen LogP contribution >= 0.6 is 0 Å². The monoisotopic (exact) mass is 348 g/mol. The van der Waals surface area contributed by atoms with Crippen molar-refractivity contribution in [3.05, 3.63) is 54.1 Å². The van der Waals surface area contributed by atoms with Crippen molar-refractivity contribution in [2.45, 2.75) is 6.92 Å². The van der Waals surface area contributed by atoms with Crippen molar-refractivity contribution in [2.24, 2.45) is 5.73 Å². The van der Waals surface area contributed by atoms with E-state index in [1.54, 1.807) is 6.07 Å². The molecule has 0 saturated carbocycles. The number of hydrogen-bond acceptors (Lipinski definition) is 3. The third-order valence-electron chi connectivity index (χ3n) is 5.29. The van der Waals surface area contributed by atoms with Crippen molar-refractivity contribution in [3.63, 3.8) is 0 Å². The first kappa shape index (κ1) is 16.7. The Morgan fingerprint density at radius 3 is 2.46 bits per heavy atom. The average molecular weight is 348 g/mol. The molecule has 1 aromatic heterocycles. The van der Waals surface area contributed by atoms with E-state index in [0.717, 1.165) is 54.9 Å². The number of nitrogens with zero attached hydrogens (tertiary/aromatic N) is 2. The largest absolute Gasteiger partial charge is 0.369 e. The van der Waals surface area contributed by atoms with E-state index in [-0.39, 0.29) is 0 Å². The number of carbonyl (C=O) groups is 1. The molecule has 1 fully saturated rings. The maximum Gasteiger partial charge on any atom is 0.249 e. The van der Waals surface area contributed by atoms with Gasteiger partial charge in [0.25, 0.3) is 0 Å². The van der Waals surface area contributed by atoms with Crippen LogP contribution < -0.4 is 10.6 Å². The molecule has 0 radical (unpaired) electrons. The van der Waals surface area contributed by atoms with Gasteiger partial charge in [0.1, 0.15) is 0 Å². The van der Waals surface area contributed by atoms with Gasteiger partial charge in [-0.05, 0) is 42.4 Å². The molecule has 1 saturated heterocycles. The third-order valence-corrected chi connectivity index (χ3v) is 5.29. The van der Waals surface area contributed by atoms with E-state index >= 15 is 0 Å². The number of H-pyrrole nitrogens is 1. The normalized spacial score (nSPS) is 15.5. The Bertz CT molecular complexity index is 921. The number of fused-ring (bicyclic) bond motifs is 1. The molecule has 1 amide bonds. The number of rotatable bonds is 4. The molecule has 0 bridgehead atoms. The summed E-state index contributed by atoms with van der Waals surface area (Å²) in [5.41, 5.74) is 10.3. The molecular formula is C21H24N4O. The van der Waals surface area contributed by atoms with Gasteiger partial charge in [-0.3, -0.25) is 4.79 Å². The second kappa shape index (κ2) is 6.84. The molecular weight excluding hydrogens is 324 g/mol. The molecule has 1 aliphatic heterocycles. The Morgan fingerprint density at radius 1 is 1.08 bits per heavy atom. The number of carbonyl (C=O) groups excluding carboxylic acids is 1. The Labute approximate surface area is 153 Å². The van der Waals surface area contributed by atoms with Crippen LogP contribution in [0.5, 0.6) is 0 Å². The van der Waals surface area contributed by atoms with Crippen LogP contribution in [0.15, 0.2) is 48.5 Å². The average Bonchev–Trinajstić information content (AvgIpc) is 3.12. The zero-order valence-corrected chi connectivity index (χ0v) is 15.0. The first-order valence-electron chi connectivity index (χ1n) is 9.15. The molecule has 0 spiro atoms. The lowest BCUT2D eigenvalue weighted by atomic mass is 10.1. The van der Waals surface area contributed by atoms with Crippen LogP contribution in [0.25, 0.3) is 22.2 Å². The number of aromatic nitrogens is 1. The highest BCUT2D eigenvalue weighted by Crippen LogP contribution is 2.28. The molecule has 5 nitrogen and oxygen atoms in total. The summed E-state index contributed by atoms with van der Waals surface area (Å²) in [5.74, 6) is -0.400. The molecule has 0 unspecified atom stereocenters. The van der Waals surface area contributed by atoms with Gasteiger partial charge in [-0.15, -0.1) is 0 Å². The van der Waals surface area contributed by atoms with Crippen LogP contribution in [0.1, 0.15) is 17.3 Å². The maximum absolute atomic E-state index is 11.6. The van der Waals surface area contributed by atoms with Gasteiger partial charge in [-0.1, -0.05) is 25.1 Å². The van der Waals surface area contributed by atoms with Crippen LogP contribution in [0, 0.1) is 0 Å². The van der Waals surface area contributed by atoms with Crippen molar-refractivity contribution in [1.29, 1.82) is 0 Å². The number of benzene rings is 2. The first-order chi connectivity index (χ1) is 12.7. The highest BCUT2D eigenvalue weighted by molar-refractivity contribution is 6.06. The summed E-state index contributed by atoms with van der Waals surface area (Å²) in [7, 11) is 0. The number of amides is 1. The zero-order valence-electron chi connectivity index (χ0n) is 15.0. The Hall–Kier alpha value is -2.79. The third kappa shape index (κ3) is 3.06. The van der Waals surface area contributed by atoms with Crippen LogP contribution in [-0.4, -0.2) is 48.5 Å². The van der Waals surface area contributed by atoms with Gasteiger partial charge in [0.15, 0.2) is 0 Å². The van der Waals surface area contributed by atoms with Crippen molar-refractivity contribution in [3.8, 4) is 11.3 Å². The van der Waals surface area contributed by atoms with Gasteiger partial charge in [-0.2, -0.15) is 0 Å². The van der Waals surface area contributed by atoms with Crippen LogP contribution in [0.3, 0.4) is 0 Å². The van der Waals surface area contributed by atoms with E-state index < -0.39 is 5.91 Å². The molecule has 5 heteroatoms. The summed E-state index contributed by atoms with van der Waals surface area (Å²) in [4.78, 5) is 19.9. The topological polar surface area (TPSA) is 65.4 Å². The number of aromatic amines is 1. The van der Waals surface area contributed by atoms with Crippen molar-refractivity contribution in [1.82, 2.24) is 9.88 Å². The first-order valence-corrected chi connectivity index (χ1v) is 9.15. The van der Waals surface area contributed by atoms with Crippen LogP contribution in [0.2, 0.25) is 0 Å². The summed E-state index contributed by atoms with van der Waals surface area (Å²) in [6, 6.07) is 16.2. The molecule has 3 N–H and O–H groups in total. The van der Waals surface area contributed by atoms with E-state index in [4.69, 9.17) is 5.73 Å². The van der Waals surface area contributed by atoms with Gasteiger partial charge in [0.05, 0.1) is 0 Å². The Morgan fingerprint density at radius 2 is 1.81 bits per heavy atom. The molecule has 1 aliphatic rings. The fraction of sp³-hybridized carbons (Fsp3) is 0.286. The molecule has 134 valence electrons. The SMILES string of the molecule is CCN1CCN(c2ccc(-c3cc4c(C(N)=O)cccc4[nH]3)cc2)CC1. The number of hydrogen-bond donors (Lipinski definition) is 2. The minimum atomic E-state index is -0.400. The van der Waals surface area contributed by atoms with Crippen molar-refractivity contribution in [2.75, 3.05) is 37.6 Å². The van der Waals surface area contributed by atoms with Crippen molar-refractivity contribution < 1.29 is 4.79 Å². The molecule has 2 aromatic carbocycles. The lowest BCUT2D eigenvalue weighted by Gasteiger charge is -2.35. The number of nitrogens with one attached hydrogen (secondary N) is 1. The van der Waals surface area contributed by atoms with Gasteiger partial charge >= 0.3 is 0 Å². The van der Waals surface area contributed by atoms with E-state index in [1.165, 1.54) is 5.69 Å². The van der Waals surface area contributed by atoms with E-state index in [0.29, 0.717) is 5.56 Å². The van der Waals surface area contributed by atoms with E-state index in [1.807, 2.05) is 18.2 Å². The maximum atomic E-state index is 11.6. The molecule has 3 aromatic rings. The summed E-state index contributed by atoms with van der Waals surface area (Å²) in [6.07, 6.45) is 0. The van der Waals surface area contributed by atoms with Gasteiger partial charge in [0, 0.05) is 54.0 Å². The fourth-order valence-electron chi connectivity index (χ4n) is 3.70. The summed E-state index contributed by atoms with van der Waals surface area (Å²) in [5, 5.41) is 0.870. The van der Waals surface area contributed by atoms with Crippen LogP contribution in [-0.2, 0) is 0 Å². The summed E-state index contributed by atoms with van der Waals surface area (Å²) >= 11 is 0. The second-order valence-electron chi connectivity index (χ2n) is 6.78. The minimum Gasteiger partial charge on any atom is -0.369 e. The number of primary amides is 1. The van der Waals surface area contributed by atoms with E-state index in [2.05, 4.69) is 46.0 Å².